The number of ether oxygens (including phenoxy) is 1. The van der Waals surface area contributed by atoms with E-state index in [1.165, 1.54) is 11.5 Å². The van der Waals surface area contributed by atoms with Crippen LogP contribution in [0, 0.1) is 0 Å². The fraction of sp³-hybridized carbons (Fsp3) is 0.375. The number of amides is 3. The summed E-state index contributed by atoms with van der Waals surface area (Å²) >= 11 is 0. The van der Waals surface area contributed by atoms with Gasteiger partial charge in [-0.05, 0) is 19.1 Å². The minimum Gasteiger partial charge on any atom is -0.452 e. The fourth-order valence-electron chi connectivity index (χ4n) is 2.64. The number of carbonyl (C=O) groups is 3. The Labute approximate surface area is 142 Å². The molecule has 132 valence electrons. The molecule has 9 nitrogen and oxygen atoms in total. The highest BCUT2D eigenvalue weighted by atomic mass is 16.5. The minimum atomic E-state index is -1.07. The largest absolute Gasteiger partial charge is 0.452 e. The molecule has 1 aliphatic rings. The van der Waals surface area contributed by atoms with E-state index in [4.69, 9.17) is 9.15 Å². The number of hydrogen-bond acceptors (Lipinski definition) is 6. The minimum absolute atomic E-state index is 0.0692. The quantitative estimate of drug-likeness (QED) is 0.787. The maximum absolute atomic E-state index is 12.1. The summed E-state index contributed by atoms with van der Waals surface area (Å²) < 4.78 is 11.5. The van der Waals surface area contributed by atoms with E-state index in [2.05, 4.69) is 5.32 Å². The lowest BCUT2D eigenvalue weighted by molar-refractivity contribution is -0.157. The predicted octanol–water partition coefficient (Wildman–Crippen LogP) is 0.468. The highest BCUT2D eigenvalue weighted by molar-refractivity contribution is 5.98. The van der Waals surface area contributed by atoms with Crippen LogP contribution in [0.25, 0.3) is 11.1 Å². The lowest BCUT2D eigenvalue weighted by atomic mass is 10.3. The lowest BCUT2D eigenvalue weighted by Crippen LogP contribution is -2.41. The Balaban J connectivity index is 1.59. The number of esters is 1. The predicted molar refractivity (Wildman–Crippen MR) is 85.8 cm³/mol. The van der Waals surface area contributed by atoms with Gasteiger partial charge in [-0.15, -0.1) is 0 Å². The molecule has 0 radical (unpaired) electrons. The molecule has 2 heterocycles. The van der Waals surface area contributed by atoms with E-state index in [0.717, 1.165) is 4.90 Å². The summed E-state index contributed by atoms with van der Waals surface area (Å²) in [5.74, 6) is -1.78. The molecular weight excluding hydrogens is 330 g/mol. The summed E-state index contributed by atoms with van der Waals surface area (Å²) in [5, 5.41) is 2.50. The Kier molecular flexibility index (Phi) is 4.55. The maximum atomic E-state index is 12.1. The van der Waals surface area contributed by atoms with Gasteiger partial charge in [0.1, 0.15) is 0 Å². The van der Waals surface area contributed by atoms with Crippen LogP contribution in [-0.4, -0.2) is 46.6 Å². The Bertz CT molecular complexity index is 883. The number of rotatable bonds is 5. The first kappa shape index (κ1) is 16.7. The second kappa shape index (κ2) is 6.80. The molecule has 9 heteroatoms. The van der Waals surface area contributed by atoms with Crippen molar-refractivity contribution in [3.8, 4) is 0 Å². The zero-order chi connectivity index (χ0) is 18.0. The lowest BCUT2D eigenvalue weighted by Gasteiger charge is -2.18. The number of aryl methyl sites for hydroxylation is 1. The Morgan fingerprint density at radius 1 is 1.32 bits per heavy atom. The average molecular weight is 347 g/mol. The van der Waals surface area contributed by atoms with Crippen LogP contribution < -0.4 is 11.1 Å². The van der Waals surface area contributed by atoms with Gasteiger partial charge in [0.05, 0.1) is 11.9 Å². The van der Waals surface area contributed by atoms with E-state index in [1.807, 2.05) is 0 Å². The number of aromatic nitrogens is 1. The SMILES string of the molecule is C[C@H](OC(=O)CCn1c(=O)oc2ccccc21)C(=O)N1CCNC1=O. The molecule has 1 atom stereocenters. The second-order valence-corrected chi connectivity index (χ2v) is 5.59. The molecule has 1 fully saturated rings. The highest BCUT2D eigenvalue weighted by Gasteiger charge is 2.31. The molecule has 0 aliphatic carbocycles. The molecule has 0 unspecified atom stereocenters. The molecule has 2 aromatic rings. The van der Waals surface area contributed by atoms with Crippen LogP contribution in [0.3, 0.4) is 0 Å². The van der Waals surface area contributed by atoms with E-state index in [0.29, 0.717) is 17.6 Å². The summed E-state index contributed by atoms with van der Waals surface area (Å²) in [6.07, 6.45) is -1.18. The van der Waals surface area contributed by atoms with Gasteiger partial charge < -0.3 is 14.5 Å². The van der Waals surface area contributed by atoms with Gasteiger partial charge in [-0.25, -0.2) is 9.59 Å². The average Bonchev–Trinajstić information content (AvgIpc) is 3.14. The normalized spacial score (nSPS) is 15.2. The second-order valence-electron chi connectivity index (χ2n) is 5.59. The fourth-order valence-corrected chi connectivity index (χ4v) is 2.64. The number of nitrogens with zero attached hydrogens (tertiary/aromatic N) is 2. The molecule has 1 saturated heterocycles. The van der Waals surface area contributed by atoms with Crippen molar-refractivity contribution in [1.82, 2.24) is 14.8 Å². The van der Waals surface area contributed by atoms with Crippen molar-refractivity contribution in [3.05, 3.63) is 34.8 Å². The zero-order valence-corrected chi connectivity index (χ0v) is 13.6. The molecule has 1 aromatic carbocycles. The molecule has 0 bridgehead atoms. The molecule has 0 saturated carbocycles. The van der Waals surface area contributed by atoms with Gasteiger partial charge in [0.25, 0.3) is 5.91 Å². The first-order chi connectivity index (χ1) is 12.0. The number of nitrogens with one attached hydrogen (secondary N) is 1. The number of para-hydroxylation sites is 2. The van der Waals surface area contributed by atoms with Crippen molar-refractivity contribution in [2.45, 2.75) is 26.0 Å². The van der Waals surface area contributed by atoms with E-state index in [9.17, 15) is 19.2 Å². The van der Waals surface area contributed by atoms with Crippen molar-refractivity contribution in [3.63, 3.8) is 0 Å². The van der Waals surface area contributed by atoms with Gasteiger partial charge in [0.2, 0.25) is 0 Å². The molecule has 1 aliphatic heterocycles. The van der Waals surface area contributed by atoms with Crippen LogP contribution in [0.1, 0.15) is 13.3 Å². The Hall–Kier alpha value is -3.10. The van der Waals surface area contributed by atoms with Crippen molar-refractivity contribution in [2.75, 3.05) is 13.1 Å². The number of hydrogen-bond donors (Lipinski definition) is 1. The van der Waals surface area contributed by atoms with Crippen LogP contribution in [-0.2, 0) is 20.9 Å². The number of carbonyl (C=O) groups excluding carboxylic acids is 3. The number of oxazole rings is 1. The number of imide groups is 1. The van der Waals surface area contributed by atoms with Crippen molar-refractivity contribution >= 4 is 29.0 Å². The van der Waals surface area contributed by atoms with Crippen LogP contribution in [0.5, 0.6) is 0 Å². The standard InChI is InChI=1S/C16H17N3O6/c1-10(14(21)19-9-7-17-15(19)22)24-13(20)6-8-18-11-4-2-3-5-12(11)25-16(18)23/h2-5,10H,6-9H2,1H3,(H,17,22)/t10-/m0/s1. The van der Waals surface area contributed by atoms with E-state index < -0.39 is 29.8 Å². The van der Waals surface area contributed by atoms with Gasteiger partial charge in [0, 0.05) is 19.6 Å². The van der Waals surface area contributed by atoms with E-state index >= 15 is 0 Å². The molecular formula is C16H17N3O6. The van der Waals surface area contributed by atoms with Gasteiger partial charge in [-0.3, -0.25) is 19.1 Å². The summed E-state index contributed by atoms with van der Waals surface area (Å²) in [6, 6.07) is 6.38. The third-order valence-corrected chi connectivity index (χ3v) is 3.89. The number of fused-ring (bicyclic) bond motifs is 1. The molecule has 1 N–H and O–H groups in total. The summed E-state index contributed by atoms with van der Waals surface area (Å²) in [6.45, 7) is 2.10. The number of urea groups is 1. The van der Waals surface area contributed by atoms with E-state index in [-0.39, 0.29) is 19.5 Å². The molecule has 0 spiro atoms. The monoisotopic (exact) mass is 347 g/mol. The molecule has 3 amide bonds. The number of benzene rings is 1. The Morgan fingerprint density at radius 3 is 2.80 bits per heavy atom. The van der Waals surface area contributed by atoms with Gasteiger partial charge in [-0.2, -0.15) is 0 Å². The molecule has 3 rings (SSSR count). The van der Waals surface area contributed by atoms with Crippen molar-refractivity contribution in [2.24, 2.45) is 0 Å². The molecule has 25 heavy (non-hydrogen) atoms. The first-order valence-electron chi connectivity index (χ1n) is 7.84. The van der Waals surface area contributed by atoms with Gasteiger partial charge >= 0.3 is 17.8 Å². The van der Waals surface area contributed by atoms with Gasteiger partial charge in [-0.1, -0.05) is 12.1 Å². The topological polar surface area (TPSA) is 111 Å². The van der Waals surface area contributed by atoms with E-state index in [1.54, 1.807) is 24.3 Å². The third kappa shape index (κ3) is 3.39. The highest BCUT2D eigenvalue weighted by Crippen LogP contribution is 2.12. The van der Waals surface area contributed by atoms with Crippen LogP contribution in [0.15, 0.2) is 33.5 Å². The Morgan fingerprint density at radius 2 is 2.08 bits per heavy atom. The van der Waals surface area contributed by atoms with Crippen LogP contribution >= 0.6 is 0 Å². The molecule has 1 aromatic heterocycles. The summed E-state index contributed by atoms with van der Waals surface area (Å²) in [7, 11) is 0. The summed E-state index contributed by atoms with van der Waals surface area (Å²) in [4.78, 5) is 48.3. The first-order valence-corrected chi connectivity index (χ1v) is 7.84. The van der Waals surface area contributed by atoms with Crippen LogP contribution in [0.2, 0.25) is 0 Å². The van der Waals surface area contributed by atoms with Crippen molar-refractivity contribution in [1.29, 1.82) is 0 Å². The maximum Gasteiger partial charge on any atom is 0.419 e. The van der Waals surface area contributed by atoms with Crippen molar-refractivity contribution < 1.29 is 23.5 Å². The smallest absolute Gasteiger partial charge is 0.419 e. The van der Waals surface area contributed by atoms with Gasteiger partial charge in [0.15, 0.2) is 11.7 Å². The van der Waals surface area contributed by atoms with Crippen LogP contribution in [0.4, 0.5) is 4.79 Å². The summed E-state index contributed by atoms with van der Waals surface area (Å²) in [5.41, 5.74) is 1.02. The zero-order valence-electron chi connectivity index (χ0n) is 13.6. The third-order valence-electron chi connectivity index (χ3n) is 3.89.